The van der Waals surface area contributed by atoms with Crippen LogP contribution in [0.5, 0.6) is 0 Å². The molecule has 96 valence electrons. The molecule has 0 unspecified atom stereocenters. The van der Waals surface area contributed by atoms with Gasteiger partial charge in [0.25, 0.3) is 0 Å². The number of thiophene rings is 1. The van der Waals surface area contributed by atoms with Gasteiger partial charge in [-0.1, -0.05) is 44.2 Å². The van der Waals surface area contributed by atoms with E-state index in [0.29, 0.717) is 12.5 Å². The molecule has 0 radical (unpaired) electrons. The second kappa shape index (κ2) is 6.72. The molecule has 1 nitrogen and oxygen atoms in total. The lowest BCUT2D eigenvalue weighted by atomic mass is 10.1. The molecule has 0 atom stereocenters. The van der Waals surface area contributed by atoms with Gasteiger partial charge in [-0.3, -0.25) is 0 Å². The van der Waals surface area contributed by atoms with E-state index in [1.54, 1.807) is 0 Å². The van der Waals surface area contributed by atoms with Crippen LogP contribution in [0.4, 0.5) is 0 Å². The first-order valence-electron chi connectivity index (χ1n) is 6.45. The molecule has 18 heavy (non-hydrogen) atoms. The molecule has 1 aromatic heterocycles. The molecule has 2 aromatic rings. The van der Waals surface area contributed by atoms with Crippen LogP contribution in [-0.2, 0) is 17.8 Å². The van der Waals surface area contributed by atoms with Crippen molar-refractivity contribution >= 4 is 11.3 Å². The molecule has 0 bridgehead atoms. The average Bonchev–Trinajstić information content (AvgIpc) is 2.84. The molecule has 0 fully saturated rings. The van der Waals surface area contributed by atoms with E-state index in [0.717, 1.165) is 13.0 Å². The number of hydrogen-bond donors (Lipinski definition) is 0. The largest absolute Gasteiger partial charge is 0.376 e. The zero-order valence-corrected chi connectivity index (χ0v) is 11.9. The van der Waals surface area contributed by atoms with E-state index in [-0.39, 0.29) is 0 Å². The summed E-state index contributed by atoms with van der Waals surface area (Å²) in [5, 5.41) is 2.18. The van der Waals surface area contributed by atoms with Crippen LogP contribution in [0.1, 0.15) is 35.8 Å². The lowest BCUT2D eigenvalue weighted by Crippen LogP contribution is -2.00. The van der Waals surface area contributed by atoms with E-state index in [1.165, 1.54) is 16.0 Å². The van der Waals surface area contributed by atoms with Crippen LogP contribution >= 0.6 is 11.3 Å². The van der Waals surface area contributed by atoms with Gasteiger partial charge in [-0.25, -0.2) is 0 Å². The summed E-state index contributed by atoms with van der Waals surface area (Å²) < 4.78 is 5.73. The number of ether oxygens (including phenoxy) is 1. The highest BCUT2D eigenvalue weighted by molar-refractivity contribution is 7.10. The van der Waals surface area contributed by atoms with Gasteiger partial charge < -0.3 is 4.74 Å². The third-order valence-electron chi connectivity index (χ3n) is 2.93. The minimum absolute atomic E-state index is 0.620. The van der Waals surface area contributed by atoms with Gasteiger partial charge in [0.2, 0.25) is 0 Å². The van der Waals surface area contributed by atoms with Crippen molar-refractivity contribution in [3.8, 4) is 0 Å². The number of rotatable bonds is 6. The fourth-order valence-electron chi connectivity index (χ4n) is 2.01. The fraction of sp³-hybridized carbons (Fsp3) is 0.375. The lowest BCUT2D eigenvalue weighted by Gasteiger charge is -2.07. The third-order valence-corrected chi connectivity index (χ3v) is 4.19. The Labute approximate surface area is 113 Å². The third kappa shape index (κ3) is 3.69. The molecule has 1 heterocycles. The van der Waals surface area contributed by atoms with Crippen molar-refractivity contribution in [3.05, 3.63) is 57.8 Å². The molecule has 0 saturated heterocycles. The highest BCUT2D eigenvalue weighted by Crippen LogP contribution is 2.25. The number of hydrogen-bond acceptors (Lipinski definition) is 2. The van der Waals surface area contributed by atoms with Gasteiger partial charge in [0, 0.05) is 4.88 Å². The van der Waals surface area contributed by atoms with Crippen LogP contribution < -0.4 is 0 Å². The van der Waals surface area contributed by atoms with Gasteiger partial charge in [-0.05, 0) is 34.9 Å². The van der Waals surface area contributed by atoms with Gasteiger partial charge in [-0.15, -0.1) is 11.3 Å². The lowest BCUT2D eigenvalue weighted by molar-refractivity contribution is 0.124. The smallest absolute Gasteiger partial charge is 0.0717 e. The average molecular weight is 260 g/mol. The highest BCUT2D eigenvalue weighted by atomic mass is 32.1. The second-order valence-corrected chi connectivity index (χ2v) is 5.70. The van der Waals surface area contributed by atoms with Gasteiger partial charge in [-0.2, -0.15) is 0 Å². The normalized spacial score (nSPS) is 11.1. The quantitative estimate of drug-likeness (QED) is 0.688. The minimum Gasteiger partial charge on any atom is -0.376 e. The van der Waals surface area contributed by atoms with Crippen LogP contribution in [0.3, 0.4) is 0 Å². The van der Waals surface area contributed by atoms with Crippen molar-refractivity contribution in [1.82, 2.24) is 0 Å². The predicted molar refractivity (Wildman–Crippen MR) is 78.2 cm³/mol. The van der Waals surface area contributed by atoms with Crippen molar-refractivity contribution in [2.45, 2.75) is 32.8 Å². The Morgan fingerprint density at radius 3 is 2.61 bits per heavy atom. The van der Waals surface area contributed by atoms with Crippen molar-refractivity contribution < 1.29 is 4.74 Å². The SMILES string of the molecule is CC(C)c1sccc1CCOCc1ccccc1. The van der Waals surface area contributed by atoms with Crippen molar-refractivity contribution in [2.75, 3.05) is 6.61 Å². The maximum absolute atomic E-state index is 5.73. The molecule has 1 aromatic carbocycles. The van der Waals surface area contributed by atoms with Gasteiger partial charge in [0.05, 0.1) is 13.2 Å². The zero-order valence-electron chi connectivity index (χ0n) is 11.1. The summed E-state index contributed by atoms with van der Waals surface area (Å²) in [5.41, 5.74) is 2.69. The Bertz CT molecular complexity index is 459. The maximum Gasteiger partial charge on any atom is 0.0717 e. The molecular formula is C16H20OS. The maximum atomic E-state index is 5.73. The summed E-state index contributed by atoms with van der Waals surface area (Å²) in [4.78, 5) is 1.50. The number of benzene rings is 1. The molecule has 0 N–H and O–H groups in total. The van der Waals surface area contributed by atoms with E-state index in [4.69, 9.17) is 4.74 Å². The first-order chi connectivity index (χ1) is 8.77. The molecule has 0 saturated carbocycles. The Morgan fingerprint density at radius 1 is 1.11 bits per heavy atom. The van der Waals surface area contributed by atoms with Gasteiger partial charge in [0.1, 0.15) is 0 Å². The Morgan fingerprint density at radius 2 is 1.89 bits per heavy atom. The van der Waals surface area contributed by atoms with Crippen LogP contribution in [0.15, 0.2) is 41.8 Å². The van der Waals surface area contributed by atoms with E-state index in [2.05, 4.69) is 49.6 Å². The Balaban J connectivity index is 1.77. The van der Waals surface area contributed by atoms with Crippen molar-refractivity contribution in [1.29, 1.82) is 0 Å². The molecule has 0 aliphatic carbocycles. The van der Waals surface area contributed by atoms with E-state index in [1.807, 2.05) is 17.4 Å². The summed E-state index contributed by atoms with van der Waals surface area (Å²) >= 11 is 1.86. The Kier molecular flexibility index (Phi) is 4.97. The van der Waals surface area contributed by atoms with Gasteiger partial charge in [0.15, 0.2) is 0 Å². The highest BCUT2D eigenvalue weighted by Gasteiger charge is 2.07. The van der Waals surface area contributed by atoms with E-state index in [9.17, 15) is 0 Å². The summed E-state index contributed by atoms with van der Waals surface area (Å²) in [6.45, 7) is 6.01. The molecule has 0 amide bonds. The van der Waals surface area contributed by atoms with Gasteiger partial charge >= 0.3 is 0 Å². The Hall–Kier alpha value is -1.12. The topological polar surface area (TPSA) is 9.23 Å². The van der Waals surface area contributed by atoms with Crippen LogP contribution in [0, 0.1) is 0 Å². The minimum atomic E-state index is 0.620. The molecule has 0 aliphatic heterocycles. The van der Waals surface area contributed by atoms with Crippen LogP contribution in [0.25, 0.3) is 0 Å². The molecule has 2 rings (SSSR count). The molecular weight excluding hydrogens is 240 g/mol. The molecule has 0 aliphatic rings. The van der Waals surface area contributed by atoms with Crippen molar-refractivity contribution in [2.24, 2.45) is 0 Å². The zero-order chi connectivity index (χ0) is 12.8. The summed E-state index contributed by atoms with van der Waals surface area (Å²) in [5.74, 6) is 0.620. The van der Waals surface area contributed by atoms with Crippen molar-refractivity contribution in [3.63, 3.8) is 0 Å². The van der Waals surface area contributed by atoms with E-state index >= 15 is 0 Å². The standard InChI is InChI=1S/C16H20OS/c1-13(2)16-15(9-11-18-16)8-10-17-12-14-6-4-3-5-7-14/h3-7,9,11,13H,8,10,12H2,1-2H3. The van der Waals surface area contributed by atoms with Crippen LogP contribution in [-0.4, -0.2) is 6.61 Å². The summed E-state index contributed by atoms with van der Waals surface area (Å²) in [6.07, 6.45) is 1.02. The van der Waals surface area contributed by atoms with E-state index < -0.39 is 0 Å². The monoisotopic (exact) mass is 260 g/mol. The summed E-state index contributed by atoms with van der Waals surface area (Å²) in [6, 6.07) is 12.6. The van der Waals surface area contributed by atoms with Crippen LogP contribution in [0.2, 0.25) is 0 Å². The fourth-order valence-corrected chi connectivity index (χ4v) is 2.98. The molecule has 2 heteroatoms. The predicted octanol–water partition coefficient (Wildman–Crippen LogP) is 4.63. The second-order valence-electron chi connectivity index (χ2n) is 4.75. The first kappa shape index (κ1) is 13.3. The summed E-state index contributed by atoms with van der Waals surface area (Å²) in [7, 11) is 0. The first-order valence-corrected chi connectivity index (χ1v) is 7.33. The molecule has 0 spiro atoms.